The van der Waals surface area contributed by atoms with E-state index in [2.05, 4.69) is 27.0 Å². The maximum atomic E-state index is 6.40. The first kappa shape index (κ1) is 16.5. The molecule has 0 bridgehead atoms. The summed E-state index contributed by atoms with van der Waals surface area (Å²) in [5, 5.41) is 6.29. The fraction of sp³-hybridized carbons (Fsp3) is 0.238. The third kappa shape index (κ3) is 3.11. The van der Waals surface area contributed by atoms with Gasteiger partial charge in [0.25, 0.3) is 0 Å². The number of ether oxygens (including phenoxy) is 1. The van der Waals surface area contributed by atoms with E-state index in [1.165, 1.54) is 0 Å². The number of nitrogens with one attached hydrogen (secondary N) is 1. The minimum atomic E-state index is 0.241. The lowest BCUT2D eigenvalue weighted by Crippen LogP contribution is -2.34. The molecule has 5 nitrogen and oxygen atoms in total. The number of rotatable bonds is 4. The van der Waals surface area contributed by atoms with E-state index < -0.39 is 0 Å². The van der Waals surface area contributed by atoms with Crippen molar-refractivity contribution in [2.24, 2.45) is 0 Å². The Kier molecular flexibility index (Phi) is 4.35. The van der Waals surface area contributed by atoms with E-state index >= 15 is 0 Å². The number of hydrogen-bond donors (Lipinski definition) is 1. The molecule has 1 saturated heterocycles. The summed E-state index contributed by atoms with van der Waals surface area (Å²) in [4.78, 5) is 9.46. The van der Waals surface area contributed by atoms with Crippen LogP contribution in [-0.4, -0.2) is 33.7 Å². The summed E-state index contributed by atoms with van der Waals surface area (Å²) in [6, 6.07) is 16.4. The smallest absolute Gasteiger partial charge is 0.195 e. The summed E-state index contributed by atoms with van der Waals surface area (Å²) in [5.74, 6) is 1.76. The maximum absolute atomic E-state index is 6.40. The van der Waals surface area contributed by atoms with Crippen LogP contribution in [0.3, 0.4) is 0 Å². The van der Waals surface area contributed by atoms with Gasteiger partial charge in [0.15, 0.2) is 11.0 Å². The SMILES string of the molecule is c1ccc(-c2nc3ccccc3n2-c2nccs2)c(OC2CCNCC2)c1. The summed E-state index contributed by atoms with van der Waals surface area (Å²) in [7, 11) is 0. The second kappa shape index (κ2) is 7.13. The Morgan fingerprint density at radius 1 is 1.04 bits per heavy atom. The highest BCUT2D eigenvalue weighted by molar-refractivity contribution is 7.12. The van der Waals surface area contributed by atoms with Gasteiger partial charge in [-0.15, -0.1) is 11.3 Å². The van der Waals surface area contributed by atoms with E-state index in [1.54, 1.807) is 11.3 Å². The molecular weight excluding hydrogens is 356 g/mol. The number of thiazole rings is 1. The predicted octanol–water partition coefficient (Wildman–Crippen LogP) is 4.28. The van der Waals surface area contributed by atoms with Gasteiger partial charge < -0.3 is 10.1 Å². The zero-order chi connectivity index (χ0) is 18.1. The standard InChI is InChI=1S/C21H20N4OS/c1-4-8-19(26-15-9-11-22-12-10-15)16(5-1)20-24-17-6-2-3-7-18(17)25(20)21-23-13-14-27-21/h1-8,13-15,22H,9-12H2. The van der Waals surface area contributed by atoms with Crippen LogP contribution in [0, 0.1) is 0 Å². The zero-order valence-electron chi connectivity index (χ0n) is 14.8. The first-order valence-electron chi connectivity index (χ1n) is 9.24. The summed E-state index contributed by atoms with van der Waals surface area (Å²) in [6.45, 7) is 2.01. The molecule has 0 unspecified atom stereocenters. The molecular formula is C21H20N4OS. The van der Waals surface area contributed by atoms with Crippen LogP contribution >= 0.6 is 11.3 Å². The Labute approximate surface area is 161 Å². The van der Waals surface area contributed by atoms with Crippen molar-refractivity contribution in [2.75, 3.05) is 13.1 Å². The Morgan fingerprint density at radius 3 is 2.70 bits per heavy atom. The molecule has 6 heteroatoms. The van der Waals surface area contributed by atoms with E-state index in [9.17, 15) is 0 Å². The van der Waals surface area contributed by atoms with Crippen LogP contribution in [0.25, 0.3) is 27.6 Å². The molecule has 27 heavy (non-hydrogen) atoms. The van der Waals surface area contributed by atoms with Crippen LogP contribution in [0.1, 0.15) is 12.8 Å². The number of aromatic nitrogens is 3. The van der Waals surface area contributed by atoms with Crippen molar-refractivity contribution in [3.05, 3.63) is 60.1 Å². The Morgan fingerprint density at radius 2 is 1.85 bits per heavy atom. The summed E-state index contributed by atoms with van der Waals surface area (Å²) < 4.78 is 8.53. The Balaban J connectivity index is 1.65. The molecule has 5 rings (SSSR count). The minimum absolute atomic E-state index is 0.241. The van der Waals surface area contributed by atoms with Gasteiger partial charge in [0, 0.05) is 11.6 Å². The Hall–Kier alpha value is -2.70. The number of nitrogens with zero attached hydrogens (tertiary/aromatic N) is 3. The lowest BCUT2D eigenvalue weighted by molar-refractivity contribution is 0.163. The van der Waals surface area contributed by atoms with Crippen LogP contribution in [0.15, 0.2) is 60.1 Å². The van der Waals surface area contributed by atoms with E-state index in [0.717, 1.165) is 59.2 Å². The van der Waals surface area contributed by atoms with Gasteiger partial charge in [0.2, 0.25) is 0 Å². The fourth-order valence-corrected chi connectivity index (χ4v) is 4.23. The average molecular weight is 376 g/mol. The van der Waals surface area contributed by atoms with Gasteiger partial charge in [-0.1, -0.05) is 24.3 Å². The molecule has 0 amide bonds. The van der Waals surface area contributed by atoms with E-state index in [4.69, 9.17) is 9.72 Å². The van der Waals surface area contributed by atoms with E-state index in [0.29, 0.717) is 0 Å². The minimum Gasteiger partial charge on any atom is -0.490 e. The molecule has 0 saturated carbocycles. The lowest BCUT2D eigenvalue weighted by Gasteiger charge is -2.25. The molecule has 0 radical (unpaired) electrons. The monoisotopic (exact) mass is 376 g/mol. The van der Waals surface area contributed by atoms with Crippen molar-refractivity contribution in [3.8, 4) is 22.3 Å². The number of piperidine rings is 1. The van der Waals surface area contributed by atoms with Crippen molar-refractivity contribution in [3.63, 3.8) is 0 Å². The van der Waals surface area contributed by atoms with E-state index in [-0.39, 0.29) is 6.10 Å². The van der Waals surface area contributed by atoms with Crippen LogP contribution in [-0.2, 0) is 0 Å². The number of hydrogen-bond acceptors (Lipinski definition) is 5. The molecule has 1 aliphatic rings. The molecule has 0 atom stereocenters. The second-order valence-corrected chi connectivity index (χ2v) is 7.51. The molecule has 2 aromatic carbocycles. The van der Waals surface area contributed by atoms with Gasteiger partial charge in [-0.2, -0.15) is 0 Å². The highest BCUT2D eigenvalue weighted by Crippen LogP contribution is 2.35. The van der Waals surface area contributed by atoms with Gasteiger partial charge in [-0.3, -0.25) is 4.57 Å². The zero-order valence-corrected chi connectivity index (χ0v) is 15.7. The second-order valence-electron chi connectivity index (χ2n) is 6.64. The molecule has 1 fully saturated rings. The highest BCUT2D eigenvalue weighted by Gasteiger charge is 2.21. The van der Waals surface area contributed by atoms with Crippen LogP contribution in [0.5, 0.6) is 5.75 Å². The Bertz CT molecular complexity index is 1050. The summed E-state index contributed by atoms with van der Waals surface area (Å²) in [5.41, 5.74) is 3.01. The third-order valence-corrected chi connectivity index (χ3v) is 5.64. The van der Waals surface area contributed by atoms with Crippen molar-refractivity contribution in [2.45, 2.75) is 18.9 Å². The topological polar surface area (TPSA) is 52.0 Å². The molecule has 4 aromatic rings. The molecule has 1 aliphatic heterocycles. The molecule has 2 aromatic heterocycles. The van der Waals surface area contributed by atoms with Gasteiger partial charge in [-0.25, -0.2) is 9.97 Å². The summed E-state index contributed by atoms with van der Waals surface area (Å²) >= 11 is 1.61. The third-order valence-electron chi connectivity index (χ3n) is 4.88. The van der Waals surface area contributed by atoms with Gasteiger partial charge >= 0.3 is 0 Å². The number of fused-ring (bicyclic) bond motifs is 1. The molecule has 1 N–H and O–H groups in total. The van der Waals surface area contributed by atoms with Crippen LogP contribution in [0.2, 0.25) is 0 Å². The number of para-hydroxylation sites is 3. The highest BCUT2D eigenvalue weighted by atomic mass is 32.1. The first-order valence-corrected chi connectivity index (χ1v) is 10.1. The van der Waals surface area contributed by atoms with E-state index in [1.807, 2.05) is 48.0 Å². The van der Waals surface area contributed by atoms with Crippen molar-refractivity contribution in [1.29, 1.82) is 0 Å². The maximum Gasteiger partial charge on any atom is 0.195 e. The van der Waals surface area contributed by atoms with Crippen LogP contribution < -0.4 is 10.1 Å². The first-order chi connectivity index (χ1) is 13.4. The predicted molar refractivity (Wildman–Crippen MR) is 109 cm³/mol. The average Bonchev–Trinajstić information content (AvgIpc) is 3.36. The van der Waals surface area contributed by atoms with Crippen molar-refractivity contribution < 1.29 is 4.74 Å². The lowest BCUT2D eigenvalue weighted by atomic mass is 10.1. The van der Waals surface area contributed by atoms with Crippen LogP contribution in [0.4, 0.5) is 0 Å². The number of imidazole rings is 1. The fourth-order valence-electron chi connectivity index (χ4n) is 3.57. The normalized spacial score (nSPS) is 15.3. The molecule has 0 spiro atoms. The van der Waals surface area contributed by atoms with Gasteiger partial charge in [0.1, 0.15) is 11.9 Å². The molecule has 136 valence electrons. The largest absolute Gasteiger partial charge is 0.490 e. The van der Waals surface area contributed by atoms with Crippen molar-refractivity contribution >= 4 is 22.4 Å². The quantitative estimate of drug-likeness (QED) is 0.578. The summed E-state index contributed by atoms with van der Waals surface area (Å²) in [6.07, 6.45) is 4.12. The van der Waals surface area contributed by atoms with Gasteiger partial charge in [-0.05, 0) is 50.2 Å². The molecule has 0 aliphatic carbocycles. The van der Waals surface area contributed by atoms with Gasteiger partial charge in [0.05, 0.1) is 16.6 Å². The van der Waals surface area contributed by atoms with Crippen molar-refractivity contribution in [1.82, 2.24) is 19.9 Å². The molecule has 3 heterocycles. The number of benzene rings is 2.